The lowest BCUT2D eigenvalue weighted by Crippen LogP contribution is -2.57. The third-order valence-electron chi connectivity index (χ3n) is 5.19. The Balaban J connectivity index is 1.78. The molecule has 7 heteroatoms. The van der Waals surface area contributed by atoms with Gasteiger partial charge < -0.3 is 19.4 Å². The van der Waals surface area contributed by atoms with E-state index in [4.69, 9.17) is 4.74 Å². The summed E-state index contributed by atoms with van der Waals surface area (Å²) in [6.07, 6.45) is 1.37. The van der Waals surface area contributed by atoms with Gasteiger partial charge in [0.1, 0.15) is 11.6 Å². The minimum atomic E-state index is -0.489. The largest absolute Gasteiger partial charge is 0.444 e. The Morgan fingerprint density at radius 2 is 1.81 bits per heavy atom. The fourth-order valence-corrected chi connectivity index (χ4v) is 4.23. The normalized spacial score (nSPS) is 21.3. The van der Waals surface area contributed by atoms with Crippen LogP contribution in [0.5, 0.6) is 0 Å². The second-order valence-electron chi connectivity index (χ2n) is 8.31. The number of likely N-dealkylation sites (N-methyl/N-ethyl adjacent to an activating group) is 1. The van der Waals surface area contributed by atoms with Gasteiger partial charge in [0.25, 0.3) is 0 Å². The zero-order valence-corrected chi connectivity index (χ0v) is 18.2. The molecule has 0 N–H and O–H groups in total. The summed E-state index contributed by atoms with van der Waals surface area (Å²) in [5, 5.41) is 0. The minimum absolute atomic E-state index is 0.0967. The summed E-state index contributed by atoms with van der Waals surface area (Å²) < 4.78 is 6.48. The van der Waals surface area contributed by atoms with Crippen molar-refractivity contribution in [3.05, 3.63) is 22.7 Å². The number of halogens is 1. The highest BCUT2D eigenvalue weighted by atomic mass is 79.9. The lowest BCUT2D eigenvalue weighted by Gasteiger charge is -2.47. The van der Waals surface area contributed by atoms with Crippen LogP contribution in [-0.4, -0.2) is 54.7 Å². The van der Waals surface area contributed by atoms with Crippen LogP contribution in [0.1, 0.15) is 40.5 Å². The van der Waals surface area contributed by atoms with E-state index in [-0.39, 0.29) is 24.1 Å². The molecule has 1 atom stereocenters. The quantitative estimate of drug-likeness (QED) is 0.665. The van der Waals surface area contributed by atoms with Gasteiger partial charge in [0.15, 0.2) is 0 Å². The van der Waals surface area contributed by atoms with E-state index in [1.807, 2.05) is 46.9 Å². The Morgan fingerprint density at radius 1 is 1.19 bits per heavy atom. The molecule has 3 rings (SSSR count). The monoisotopic (exact) mass is 437 g/mol. The number of piperidine rings is 1. The number of hydrogen-bond acceptors (Lipinski definition) is 4. The first-order valence-corrected chi connectivity index (χ1v) is 10.2. The first-order valence-electron chi connectivity index (χ1n) is 9.42. The molecule has 2 heterocycles. The van der Waals surface area contributed by atoms with Gasteiger partial charge in [-0.3, -0.25) is 4.79 Å². The highest BCUT2D eigenvalue weighted by Gasteiger charge is 2.39. The predicted molar refractivity (Wildman–Crippen MR) is 110 cm³/mol. The maximum atomic E-state index is 12.7. The number of rotatable bonds is 1. The average molecular weight is 438 g/mol. The van der Waals surface area contributed by atoms with Crippen LogP contribution in [0.4, 0.5) is 16.2 Å². The van der Waals surface area contributed by atoms with Gasteiger partial charge in [-0.05, 0) is 58.7 Å². The highest BCUT2D eigenvalue weighted by molar-refractivity contribution is 9.10. The second-order valence-corrected chi connectivity index (χ2v) is 9.23. The fourth-order valence-electron chi connectivity index (χ4n) is 3.88. The SMILES string of the molecule is C[C@@H]1C(=O)N(C)c2ccc(Br)cc2N1C1CCN(C(=O)OC(C)(C)C)CC1. The van der Waals surface area contributed by atoms with E-state index < -0.39 is 5.60 Å². The van der Waals surface area contributed by atoms with Crippen LogP contribution in [0.15, 0.2) is 22.7 Å². The summed E-state index contributed by atoms with van der Waals surface area (Å²) >= 11 is 3.55. The zero-order valence-electron chi connectivity index (χ0n) is 16.7. The smallest absolute Gasteiger partial charge is 0.410 e. The Bertz CT molecular complexity index is 738. The summed E-state index contributed by atoms with van der Waals surface area (Å²) in [7, 11) is 1.83. The number of likely N-dealkylation sites (tertiary alicyclic amines) is 1. The van der Waals surface area contributed by atoms with Crippen molar-refractivity contribution in [2.45, 2.75) is 58.2 Å². The number of hydrogen-bond donors (Lipinski definition) is 0. The van der Waals surface area contributed by atoms with E-state index in [9.17, 15) is 9.59 Å². The number of fused-ring (bicyclic) bond motifs is 1. The average Bonchev–Trinajstić information content (AvgIpc) is 2.59. The first-order chi connectivity index (χ1) is 12.6. The van der Waals surface area contributed by atoms with Gasteiger partial charge in [0, 0.05) is 30.7 Å². The molecule has 1 aromatic rings. The Morgan fingerprint density at radius 3 is 2.41 bits per heavy atom. The molecule has 2 aliphatic heterocycles. The number of amides is 2. The van der Waals surface area contributed by atoms with Crippen molar-refractivity contribution in [3.63, 3.8) is 0 Å². The molecule has 0 aliphatic carbocycles. The van der Waals surface area contributed by atoms with Gasteiger partial charge in [0.2, 0.25) is 5.91 Å². The van der Waals surface area contributed by atoms with Crippen molar-refractivity contribution < 1.29 is 14.3 Å². The van der Waals surface area contributed by atoms with E-state index >= 15 is 0 Å². The molecule has 0 spiro atoms. The Labute approximate surface area is 169 Å². The van der Waals surface area contributed by atoms with Gasteiger partial charge in [0.05, 0.1) is 11.4 Å². The molecule has 0 aromatic heterocycles. The number of anilines is 2. The van der Waals surface area contributed by atoms with Gasteiger partial charge in [-0.1, -0.05) is 15.9 Å². The van der Waals surface area contributed by atoms with Gasteiger partial charge >= 0.3 is 6.09 Å². The van der Waals surface area contributed by atoms with Crippen LogP contribution >= 0.6 is 15.9 Å². The van der Waals surface area contributed by atoms with Gasteiger partial charge in [-0.2, -0.15) is 0 Å². The Kier molecular flexibility index (Phi) is 5.43. The second kappa shape index (κ2) is 7.34. The van der Waals surface area contributed by atoms with E-state index in [2.05, 4.69) is 26.9 Å². The first kappa shape index (κ1) is 20.0. The van der Waals surface area contributed by atoms with Crippen LogP contribution in [0.25, 0.3) is 0 Å². The fraction of sp³-hybridized carbons (Fsp3) is 0.600. The van der Waals surface area contributed by atoms with Crippen LogP contribution in [-0.2, 0) is 9.53 Å². The van der Waals surface area contributed by atoms with E-state index in [0.29, 0.717) is 13.1 Å². The van der Waals surface area contributed by atoms with Gasteiger partial charge in [-0.15, -0.1) is 0 Å². The molecule has 0 radical (unpaired) electrons. The standard InChI is InChI=1S/C20H28BrN3O3/c1-13-18(25)22(5)16-7-6-14(21)12-17(16)24(13)15-8-10-23(11-9-15)19(26)27-20(2,3)4/h6-7,12-13,15H,8-11H2,1-5H3/t13-/m1/s1. The topological polar surface area (TPSA) is 53.1 Å². The predicted octanol–water partition coefficient (Wildman–Crippen LogP) is 4.02. The van der Waals surface area contributed by atoms with Gasteiger partial charge in [-0.25, -0.2) is 4.79 Å². The summed E-state index contributed by atoms with van der Waals surface area (Å²) in [5.41, 5.74) is 1.50. The number of carbonyl (C=O) groups is 2. The third kappa shape index (κ3) is 4.08. The maximum absolute atomic E-state index is 12.7. The maximum Gasteiger partial charge on any atom is 0.410 e. The number of nitrogens with zero attached hydrogens (tertiary/aromatic N) is 3. The lowest BCUT2D eigenvalue weighted by atomic mass is 9.97. The van der Waals surface area contributed by atoms with Crippen LogP contribution in [0.2, 0.25) is 0 Å². The molecule has 1 fully saturated rings. The molecule has 0 saturated carbocycles. The molecule has 1 saturated heterocycles. The number of ether oxygens (including phenoxy) is 1. The third-order valence-corrected chi connectivity index (χ3v) is 5.69. The van der Waals surface area contributed by atoms with Crippen molar-refractivity contribution in [2.24, 2.45) is 0 Å². The van der Waals surface area contributed by atoms with Crippen molar-refractivity contribution in [1.29, 1.82) is 0 Å². The summed E-state index contributed by atoms with van der Waals surface area (Å²) in [6.45, 7) is 8.87. The lowest BCUT2D eigenvalue weighted by molar-refractivity contribution is -0.119. The summed E-state index contributed by atoms with van der Waals surface area (Å²) in [4.78, 5) is 30.8. The number of carbonyl (C=O) groups excluding carboxylic acids is 2. The summed E-state index contributed by atoms with van der Waals surface area (Å²) in [5.74, 6) is 0.0967. The molecular weight excluding hydrogens is 410 g/mol. The zero-order chi connectivity index (χ0) is 19.9. The molecule has 2 aliphatic rings. The molecule has 0 bridgehead atoms. The molecule has 148 valence electrons. The molecule has 2 amide bonds. The summed E-state index contributed by atoms with van der Waals surface area (Å²) in [6, 6.07) is 6.00. The van der Waals surface area contributed by atoms with Crippen molar-refractivity contribution >= 4 is 39.3 Å². The van der Waals surface area contributed by atoms with Crippen LogP contribution in [0, 0.1) is 0 Å². The van der Waals surface area contributed by atoms with E-state index in [1.165, 1.54) is 0 Å². The van der Waals surface area contributed by atoms with Crippen LogP contribution in [0.3, 0.4) is 0 Å². The van der Waals surface area contributed by atoms with Crippen molar-refractivity contribution in [3.8, 4) is 0 Å². The molecule has 0 unspecified atom stereocenters. The molecule has 1 aromatic carbocycles. The Hall–Kier alpha value is -1.76. The highest BCUT2D eigenvalue weighted by Crippen LogP contribution is 2.40. The van der Waals surface area contributed by atoms with E-state index in [1.54, 1.807) is 9.80 Å². The number of benzene rings is 1. The van der Waals surface area contributed by atoms with Crippen molar-refractivity contribution in [2.75, 3.05) is 29.9 Å². The molecule has 27 heavy (non-hydrogen) atoms. The van der Waals surface area contributed by atoms with E-state index in [0.717, 1.165) is 28.7 Å². The van der Waals surface area contributed by atoms with Crippen LogP contribution < -0.4 is 9.80 Å². The molecular formula is C20H28BrN3O3. The van der Waals surface area contributed by atoms with Crippen molar-refractivity contribution in [1.82, 2.24) is 4.90 Å². The minimum Gasteiger partial charge on any atom is -0.444 e. The molecule has 6 nitrogen and oxygen atoms in total.